The fourth-order valence-electron chi connectivity index (χ4n) is 2.37. The van der Waals surface area contributed by atoms with E-state index in [1.165, 1.54) is 0 Å². The molecule has 1 N–H and O–H groups in total. The summed E-state index contributed by atoms with van der Waals surface area (Å²) in [5.74, 6) is -0.490. The lowest BCUT2D eigenvalue weighted by molar-refractivity contribution is 0.0689. The molecule has 1 heterocycles. The molecule has 1 aromatic heterocycles. The summed E-state index contributed by atoms with van der Waals surface area (Å²) in [6.07, 6.45) is 2.54. The van der Waals surface area contributed by atoms with E-state index in [-0.39, 0.29) is 5.69 Å². The molecule has 0 amide bonds. The molecule has 1 aliphatic carbocycles. The summed E-state index contributed by atoms with van der Waals surface area (Å²) in [6.45, 7) is 0. The van der Waals surface area contributed by atoms with Gasteiger partial charge in [0.15, 0.2) is 11.5 Å². The Kier molecular flexibility index (Phi) is 3.06. The Balaban J connectivity index is 2.18. The fourth-order valence-corrected chi connectivity index (χ4v) is 2.77. The first-order valence-electron chi connectivity index (χ1n) is 6.04. The molecular weight excluding hydrogens is 308 g/mol. The number of carbonyl (C=O) groups is 1. The first-order chi connectivity index (χ1) is 9.15. The molecule has 4 nitrogen and oxygen atoms in total. The van der Waals surface area contributed by atoms with E-state index in [0.29, 0.717) is 5.82 Å². The highest BCUT2D eigenvalue weighted by Crippen LogP contribution is 2.27. The van der Waals surface area contributed by atoms with Crippen molar-refractivity contribution in [1.82, 2.24) is 9.97 Å². The zero-order valence-corrected chi connectivity index (χ0v) is 11.6. The van der Waals surface area contributed by atoms with Gasteiger partial charge in [-0.25, -0.2) is 14.8 Å². The minimum Gasteiger partial charge on any atom is -0.476 e. The molecule has 5 heteroatoms. The average Bonchev–Trinajstić information content (AvgIpc) is 2.85. The van der Waals surface area contributed by atoms with Gasteiger partial charge < -0.3 is 5.11 Å². The van der Waals surface area contributed by atoms with Crippen molar-refractivity contribution in [3.8, 4) is 11.4 Å². The molecule has 0 fully saturated rings. The smallest absolute Gasteiger partial charge is 0.354 e. The van der Waals surface area contributed by atoms with Crippen LogP contribution in [0.3, 0.4) is 0 Å². The van der Waals surface area contributed by atoms with Crippen molar-refractivity contribution < 1.29 is 9.90 Å². The van der Waals surface area contributed by atoms with Gasteiger partial charge in [-0.1, -0.05) is 28.1 Å². The Hall–Kier alpha value is -1.75. The molecule has 2 aromatic rings. The van der Waals surface area contributed by atoms with Crippen LogP contribution in [-0.4, -0.2) is 21.0 Å². The van der Waals surface area contributed by atoms with E-state index in [0.717, 1.165) is 40.6 Å². The number of rotatable bonds is 2. The molecule has 19 heavy (non-hydrogen) atoms. The molecule has 96 valence electrons. The van der Waals surface area contributed by atoms with Crippen molar-refractivity contribution in [2.45, 2.75) is 19.3 Å². The molecule has 0 saturated heterocycles. The first kappa shape index (κ1) is 12.3. The highest BCUT2D eigenvalue weighted by atomic mass is 79.9. The van der Waals surface area contributed by atoms with Crippen LogP contribution in [0.1, 0.15) is 28.2 Å². The Labute approximate surface area is 118 Å². The molecule has 0 atom stereocenters. The number of carboxylic acid groups (broad SMARTS) is 1. The van der Waals surface area contributed by atoms with Gasteiger partial charge in [0.05, 0.1) is 0 Å². The second-order valence-electron chi connectivity index (χ2n) is 4.49. The van der Waals surface area contributed by atoms with Gasteiger partial charge in [-0.2, -0.15) is 0 Å². The molecule has 0 radical (unpaired) electrons. The van der Waals surface area contributed by atoms with Gasteiger partial charge in [0.2, 0.25) is 0 Å². The lowest BCUT2D eigenvalue weighted by atomic mass is 10.1. The van der Waals surface area contributed by atoms with E-state index < -0.39 is 5.97 Å². The van der Waals surface area contributed by atoms with Gasteiger partial charge in [0.25, 0.3) is 0 Å². The molecule has 0 spiro atoms. The molecule has 0 bridgehead atoms. The number of hydrogen-bond acceptors (Lipinski definition) is 3. The van der Waals surface area contributed by atoms with Crippen LogP contribution in [0.15, 0.2) is 28.7 Å². The average molecular weight is 319 g/mol. The van der Waals surface area contributed by atoms with E-state index in [9.17, 15) is 9.90 Å². The number of nitrogens with zero attached hydrogens (tertiary/aromatic N) is 2. The summed E-state index contributed by atoms with van der Waals surface area (Å²) in [6, 6.07) is 7.57. The summed E-state index contributed by atoms with van der Waals surface area (Å²) in [5, 5.41) is 9.28. The minimum absolute atomic E-state index is 0.150. The number of benzene rings is 1. The summed E-state index contributed by atoms with van der Waals surface area (Å²) < 4.78 is 0.922. The van der Waals surface area contributed by atoms with Crippen LogP contribution in [0.4, 0.5) is 0 Å². The van der Waals surface area contributed by atoms with Gasteiger partial charge >= 0.3 is 5.97 Å². The van der Waals surface area contributed by atoms with Crippen molar-refractivity contribution >= 4 is 21.9 Å². The Morgan fingerprint density at radius 3 is 2.84 bits per heavy atom. The normalized spacial score (nSPS) is 13.3. The third-order valence-electron chi connectivity index (χ3n) is 3.22. The van der Waals surface area contributed by atoms with E-state index in [1.807, 2.05) is 24.3 Å². The summed E-state index contributed by atoms with van der Waals surface area (Å²) in [7, 11) is 0. The summed E-state index contributed by atoms with van der Waals surface area (Å²) in [4.78, 5) is 20.0. The number of aryl methyl sites for hydroxylation is 1. The van der Waals surface area contributed by atoms with Gasteiger partial charge in [-0.3, -0.25) is 0 Å². The van der Waals surface area contributed by atoms with Gasteiger partial charge in [0, 0.05) is 21.3 Å². The largest absolute Gasteiger partial charge is 0.476 e. The number of halogens is 1. The predicted octanol–water partition coefficient (Wildman–Crippen LogP) is 3.09. The van der Waals surface area contributed by atoms with Crippen molar-refractivity contribution in [3.05, 3.63) is 45.7 Å². The molecular formula is C14H11BrN2O2. The van der Waals surface area contributed by atoms with Crippen LogP contribution in [0.5, 0.6) is 0 Å². The number of hydrogen-bond donors (Lipinski definition) is 1. The maximum atomic E-state index is 11.3. The fraction of sp³-hybridized carbons (Fsp3) is 0.214. The summed E-state index contributed by atoms with van der Waals surface area (Å²) in [5.41, 5.74) is 2.65. The van der Waals surface area contributed by atoms with Crippen LogP contribution < -0.4 is 0 Å². The van der Waals surface area contributed by atoms with Crippen LogP contribution in [0.25, 0.3) is 11.4 Å². The SMILES string of the molecule is O=C(O)c1nc(-c2cccc(Br)c2)nc2c1CCC2. The van der Waals surface area contributed by atoms with Crippen molar-refractivity contribution in [2.75, 3.05) is 0 Å². The van der Waals surface area contributed by atoms with Crippen LogP contribution in [0.2, 0.25) is 0 Å². The molecule has 3 rings (SSSR count). The van der Waals surface area contributed by atoms with Crippen LogP contribution >= 0.6 is 15.9 Å². The van der Waals surface area contributed by atoms with Gasteiger partial charge in [-0.05, 0) is 31.4 Å². The Bertz CT molecular complexity index is 670. The topological polar surface area (TPSA) is 63.1 Å². The molecule has 0 unspecified atom stereocenters. The minimum atomic E-state index is -0.975. The van der Waals surface area contributed by atoms with Gasteiger partial charge in [0.1, 0.15) is 0 Å². The van der Waals surface area contributed by atoms with Gasteiger partial charge in [-0.15, -0.1) is 0 Å². The van der Waals surface area contributed by atoms with Crippen LogP contribution in [0, 0.1) is 0 Å². The zero-order valence-electron chi connectivity index (χ0n) is 10.1. The second kappa shape index (κ2) is 4.74. The number of aromatic nitrogens is 2. The van der Waals surface area contributed by atoms with Crippen molar-refractivity contribution in [1.29, 1.82) is 0 Å². The first-order valence-corrected chi connectivity index (χ1v) is 6.83. The van der Waals surface area contributed by atoms with E-state index >= 15 is 0 Å². The predicted molar refractivity (Wildman–Crippen MR) is 74.2 cm³/mol. The lowest BCUT2D eigenvalue weighted by Gasteiger charge is -2.07. The molecule has 1 aliphatic rings. The third-order valence-corrected chi connectivity index (χ3v) is 3.71. The quantitative estimate of drug-likeness (QED) is 0.924. The molecule has 1 aromatic carbocycles. The Morgan fingerprint density at radius 1 is 1.26 bits per heavy atom. The maximum Gasteiger partial charge on any atom is 0.354 e. The van der Waals surface area contributed by atoms with E-state index in [1.54, 1.807) is 0 Å². The number of aromatic carboxylic acids is 1. The number of fused-ring (bicyclic) bond motifs is 1. The molecule has 0 aliphatic heterocycles. The second-order valence-corrected chi connectivity index (χ2v) is 5.41. The molecule has 0 saturated carbocycles. The lowest BCUT2D eigenvalue weighted by Crippen LogP contribution is -2.09. The summed E-state index contributed by atoms with van der Waals surface area (Å²) >= 11 is 3.40. The van der Waals surface area contributed by atoms with E-state index in [2.05, 4.69) is 25.9 Å². The maximum absolute atomic E-state index is 11.3. The van der Waals surface area contributed by atoms with Crippen molar-refractivity contribution in [3.63, 3.8) is 0 Å². The van der Waals surface area contributed by atoms with E-state index in [4.69, 9.17) is 0 Å². The van der Waals surface area contributed by atoms with Crippen LogP contribution in [-0.2, 0) is 12.8 Å². The standard InChI is InChI=1S/C14H11BrN2O2/c15-9-4-1-3-8(7-9)13-16-11-6-2-5-10(11)12(17-13)14(18)19/h1,3-4,7H,2,5-6H2,(H,18,19). The zero-order chi connectivity index (χ0) is 13.4. The monoisotopic (exact) mass is 318 g/mol. The number of carboxylic acids is 1. The highest BCUT2D eigenvalue weighted by molar-refractivity contribution is 9.10. The Morgan fingerprint density at radius 2 is 2.11 bits per heavy atom. The highest BCUT2D eigenvalue weighted by Gasteiger charge is 2.23. The van der Waals surface area contributed by atoms with Crippen molar-refractivity contribution in [2.24, 2.45) is 0 Å². The third kappa shape index (κ3) is 2.26.